The number of thioether (sulfide) groups is 1. The fourth-order valence-corrected chi connectivity index (χ4v) is 3.39. The summed E-state index contributed by atoms with van der Waals surface area (Å²) in [7, 11) is 0. The number of carbonyl (C=O) groups is 1. The monoisotopic (exact) mass is 379 g/mol. The van der Waals surface area contributed by atoms with Crippen LogP contribution in [0.15, 0.2) is 9.68 Å². The van der Waals surface area contributed by atoms with Gasteiger partial charge in [-0.05, 0) is 38.9 Å². The molecule has 0 fully saturated rings. The van der Waals surface area contributed by atoms with Crippen molar-refractivity contribution in [3.8, 4) is 0 Å². The van der Waals surface area contributed by atoms with Crippen LogP contribution in [0, 0.1) is 19.8 Å². The van der Waals surface area contributed by atoms with Gasteiger partial charge < -0.3 is 14.4 Å². The Labute approximate surface area is 159 Å². The maximum atomic E-state index is 12.0. The fraction of sp³-hybridized carbons (Fsp3) is 0.667. The highest BCUT2D eigenvalue weighted by atomic mass is 32.2. The number of nitrogens with one attached hydrogen (secondary N) is 1. The molecule has 0 bridgehead atoms. The third-order valence-corrected chi connectivity index (χ3v) is 4.87. The van der Waals surface area contributed by atoms with Crippen LogP contribution in [0.2, 0.25) is 0 Å². The molecule has 2 aromatic heterocycles. The second kappa shape index (κ2) is 9.75. The Kier molecular flexibility index (Phi) is 7.68. The quantitative estimate of drug-likeness (QED) is 0.504. The Bertz CT molecular complexity index is 704. The van der Waals surface area contributed by atoms with Crippen LogP contribution in [0.5, 0.6) is 0 Å². The van der Waals surface area contributed by atoms with Gasteiger partial charge in [-0.2, -0.15) is 0 Å². The summed E-state index contributed by atoms with van der Waals surface area (Å²) in [5.74, 6) is 2.38. The lowest BCUT2D eigenvalue weighted by Crippen LogP contribution is -2.25. The molecule has 0 aliphatic rings. The van der Waals surface area contributed by atoms with Crippen molar-refractivity contribution >= 4 is 17.7 Å². The van der Waals surface area contributed by atoms with E-state index in [1.807, 2.05) is 20.1 Å². The third kappa shape index (κ3) is 5.59. The molecule has 2 rings (SSSR count). The third-order valence-electron chi connectivity index (χ3n) is 4.21. The van der Waals surface area contributed by atoms with Gasteiger partial charge in [0.1, 0.15) is 11.6 Å². The highest BCUT2D eigenvalue weighted by Gasteiger charge is 2.13. The predicted molar refractivity (Wildman–Crippen MR) is 102 cm³/mol. The Balaban J connectivity index is 1.75. The number of aromatic nitrogens is 4. The van der Waals surface area contributed by atoms with E-state index in [2.05, 4.69) is 39.1 Å². The van der Waals surface area contributed by atoms with E-state index >= 15 is 0 Å². The molecular weight excluding hydrogens is 350 g/mol. The van der Waals surface area contributed by atoms with E-state index in [-0.39, 0.29) is 5.91 Å². The van der Waals surface area contributed by atoms with Gasteiger partial charge in [0, 0.05) is 31.5 Å². The van der Waals surface area contributed by atoms with E-state index in [4.69, 9.17) is 4.52 Å². The van der Waals surface area contributed by atoms with Crippen molar-refractivity contribution < 1.29 is 9.32 Å². The Morgan fingerprint density at radius 1 is 1.27 bits per heavy atom. The van der Waals surface area contributed by atoms with Gasteiger partial charge in [-0.25, -0.2) is 0 Å². The number of carbonyl (C=O) groups excluding carboxylic acids is 1. The summed E-state index contributed by atoms with van der Waals surface area (Å²) in [5.41, 5.74) is 1.90. The summed E-state index contributed by atoms with van der Waals surface area (Å²) < 4.78 is 7.32. The molecule has 0 aromatic carbocycles. The average molecular weight is 380 g/mol. The highest BCUT2D eigenvalue weighted by molar-refractivity contribution is 7.98. The maximum Gasteiger partial charge on any atom is 0.220 e. The van der Waals surface area contributed by atoms with Crippen LogP contribution < -0.4 is 5.32 Å². The minimum absolute atomic E-state index is 0.0541. The van der Waals surface area contributed by atoms with Crippen molar-refractivity contribution in [2.24, 2.45) is 5.92 Å². The van der Waals surface area contributed by atoms with Gasteiger partial charge >= 0.3 is 0 Å². The summed E-state index contributed by atoms with van der Waals surface area (Å²) in [6.45, 7) is 9.72. The molecule has 8 heteroatoms. The van der Waals surface area contributed by atoms with E-state index in [9.17, 15) is 4.79 Å². The van der Waals surface area contributed by atoms with E-state index < -0.39 is 0 Å². The molecule has 26 heavy (non-hydrogen) atoms. The van der Waals surface area contributed by atoms with Crippen molar-refractivity contribution in [2.45, 2.75) is 65.1 Å². The standard InChI is InChI=1S/C18H29N5O2S/c1-12(2)11-23-16(20-21-18(23)26-5)7-6-10-19-17(24)9-8-15-13(3)22-25-14(15)4/h12H,6-11H2,1-5H3,(H,19,24). The summed E-state index contributed by atoms with van der Waals surface area (Å²) in [4.78, 5) is 12.0. The lowest BCUT2D eigenvalue weighted by molar-refractivity contribution is -0.121. The van der Waals surface area contributed by atoms with Crippen LogP contribution >= 0.6 is 11.8 Å². The number of hydrogen-bond acceptors (Lipinski definition) is 6. The number of amides is 1. The second-order valence-electron chi connectivity index (χ2n) is 6.86. The van der Waals surface area contributed by atoms with Crippen molar-refractivity contribution in [1.29, 1.82) is 0 Å². The molecule has 0 radical (unpaired) electrons. The number of hydrogen-bond donors (Lipinski definition) is 1. The molecule has 0 unspecified atom stereocenters. The van der Waals surface area contributed by atoms with E-state index in [1.165, 1.54) is 0 Å². The Morgan fingerprint density at radius 2 is 2.04 bits per heavy atom. The van der Waals surface area contributed by atoms with Crippen molar-refractivity contribution in [1.82, 2.24) is 25.2 Å². The number of nitrogens with zero attached hydrogens (tertiary/aromatic N) is 4. The van der Waals surface area contributed by atoms with Gasteiger partial charge in [-0.1, -0.05) is 30.8 Å². The van der Waals surface area contributed by atoms with Crippen LogP contribution in [-0.2, 0) is 24.2 Å². The molecular formula is C18H29N5O2S. The second-order valence-corrected chi connectivity index (χ2v) is 7.64. The number of rotatable bonds is 10. The molecule has 0 atom stereocenters. The van der Waals surface area contributed by atoms with Gasteiger partial charge in [-0.3, -0.25) is 4.79 Å². The van der Waals surface area contributed by atoms with E-state index in [0.29, 0.717) is 25.3 Å². The number of aryl methyl sites for hydroxylation is 3. The molecule has 1 N–H and O–H groups in total. The van der Waals surface area contributed by atoms with Crippen LogP contribution in [-0.4, -0.2) is 38.6 Å². The minimum atomic E-state index is 0.0541. The Hall–Kier alpha value is -1.83. The summed E-state index contributed by atoms with van der Waals surface area (Å²) in [5, 5.41) is 16.4. The van der Waals surface area contributed by atoms with Crippen LogP contribution in [0.3, 0.4) is 0 Å². The molecule has 1 amide bonds. The molecule has 2 heterocycles. The predicted octanol–water partition coefficient (Wildman–Crippen LogP) is 2.94. The summed E-state index contributed by atoms with van der Waals surface area (Å²) >= 11 is 1.62. The van der Waals surface area contributed by atoms with Gasteiger partial charge in [0.15, 0.2) is 5.16 Å². The molecule has 2 aromatic rings. The van der Waals surface area contributed by atoms with Gasteiger partial charge in [0.25, 0.3) is 0 Å². The normalized spacial score (nSPS) is 11.3. The zero-order chi connectivity index (χ0) is 19.1. The first-order valence-electron chi connectivity index (χ1n) is 9.06. The smallest absolute Gasteiger partial charge is 0.220 e. The lowest BCUT2D eigenvalue weighted by Gasteiger charge is -2.11. The molecule has 0 aliphatic heterocycles. The van der Waals surface area contributed by atoms with Crippen LogP contribution in [0.25, 0.3) is 0 Å². The van der Waals surface area contributed by atoms with Crippen molar-refractivity contribution in [3.05, 3.63) is 22.8 Å². The SMILES string of the molecule is CSc1nnc(CCCNC(=O)CCc2c(C)noc2C)n1CC(C)C. The molecule has 7 nitrogen and oxygen atoms in total. The van der Waals surface area contributed by atoms with Gasteiger partial charge in [0.05, 0.1) is 5.69 Å². The van der Waals surface area contributed by atoms with E-state index in [0.717, 1.165) is 47.4 Å². The van der Waals surface area contributed by atoms with Crippen molar-refractivity contribution in [2.75, 3.05) is 12.8 Å². The highest BCUT2D eigenvalue weighted by Crippen LogP contribution is 2.17. The zero-order valence-electron chi connectivity index (χ0n) is 16.3. The molecule has 0 saturated heterocycles. The van der Waals surface area contributed by atoms with Crippen LogP contribution in [0.4, 0.5) is 0 Å². The van der Waals surface area contributed by atoms with Crippen molar-refractivity contribution in [3.63, 3.8) is 0 Å². The first-order chi connectivity index (χ1) is 12.4. The van der Waals surface area contributed by atoms with Gasteiger partial charge in [-0.15, -0.1) is 10.2 Å². The molecule has 0 spiro atoms. The topological polar surface area (TPSA) is 85.8 Å². The summed E-state index contributed by atoms with van der Waals surface area (Å²) in [6, 6.07) is 0. The van der Waals surface area contributed by atoms with Gasteiger partial charge in [0.2, 0.25) is 5.91 Å². The zero-order valence-corrected chi connectivity index (χ0v) is 17.2. The molecule has 144 valence electrons. The molecule has 0 aliphatic carbocycles. The minimum Gasteiger partial charge on any atom is -0.361 e. The lowest BCUT2D eigenvalue weighted by atomic mass is 10.1. The largest absolute Gasteiger partial charge is 0.361 e. The Morgan fingerprint density at radius 3 is 2.65 bits per heavy atom. The first-order valence-corrected chi connectivity index (χ1v) is 10.3. The first kappa shape index (κ1) is 20.5. The fourth-order valence-electron chi connectivity index (χ4n) is 2.86. The molecule has 0 saturated carbocycles. The van der Waals surface area contributed by atoms with E-state index in [1.54, 1.807) is 11.8 Å². The maximum absolute atomic E-state index is 12.0. The van der Waals surface area contributed by atoms with Crippen LogP contribution in [0.1, 0.15) is 49.5 Å². The average Bonchev–Trinajstić information content (AvgIpc) is 3.12. The summed E-state index contributed by atoms with van der Waals surface area (Å²) in [6.07, 6.45) is 4.78.